The zero-order valence-electron chi connectivity index (χ0n) is 39.1. The van der Waals surface area contributed by atoms with E-state index in [1.165, 1.54) is 25.1 Å². The Morgan fingerprint density at radius 3 is 2.04 bits per heavy atom. The number of benzene rings is 2. The van der Waals surface area contributed by atoms with Gasteiger partial charge in [-0.3, -0.25) is 33.3 Å². The number of ether oxygens (including phenoxy) is 5. The molecule has 0 fully saturated rings. The number of alkyl halides is 1. The maximum Gasteiger partial charge on any atom is 0.257 e. The van der Waals surface area contributed by atoms with Crippen molar-refractivity contribution in [2.45, 2.75) is 38.6 Å². The molecule has 0 aliphatic carbocycles. The third kappa shape index (κ3) is 18.6. The smallest absolute Gasteiger partial charge is 0.257 e. The van der Waals surface area contributed by atoms with Gasteiger partial charge < -0.3 is 66.1 Å². The zero-order chi connectivity index (χ0) is 49.7. The summed E-state index contributed by atoms with van der Waals surface area (Å²) in [5, 5.41) is 12.6. The number of carbonyl (C=O) groups excluding carboxylic acids is 6. The Labute approximate surface area is 395 Å². The fraction of sp³-hybridized carbons (Fsp3) is 0.447. The van der Waals surface area contributed by atoms with Gasteiger partial charge in [0.1, 0.15) is 12.1 Å². The van der Waals surface area contributed by atoms with Crippen LogP contribution < -0.4 is 32.7 Å². The van der Waals surface area contributed by atoms with Gasteiger partial charge in [0.05, 0.1) is 96.7 Å². The van der Waals surface area contributed by atoms with E-state index in [2.05, 4.69) is 31.2 Å². The van der Waals surface area contributed by atoms with E-state index in [0.29, 0.717) is 109 Å². The minimum atomic E-state index is -0.843. The summed E-state index contributed by atoms with van der Waals surface area (Å²) in [7, 11) is 3.45. The minimum Gasteiger partial charge on any atom is -0.398 e. The lowest BCUT2D eigenvalue weighted by Gasteiger charge is -2.25. The Morgan fingerprint density at radius 2 is 1.41 bits per heavy atom. The van der Waals surface area contributed by atoms with Crippen molar-refractivity contribution in [2.75, 3.05) is 123 Å². The van der Waals surface area contributed by atoms with E-state index in [-0.39, 0.29) is 67.7 Å². The van der Waals surface area contributed by atoms with Crippen LogP contribution in [0.4, 0.5) is 27.3 Å². The molecule has 0 spiro atoms. The second-order valence-corrected chi connectivity index (χ2v) is 14.9. The molecule has 4 rings (SSSR count). The van der Waals surface area contributed by atoms with Crippen molar-refractivity contribution in [1.82, 2.24) is 25.5 Å². The van der Waals surface area contributed by atoms with Crippen LogP contribution in [0.5, 0.6) is 0 Å². The lowest BCUT2D eigenvalue weighted by molar-refractivity contribution is -0.123. The number of amides is 4. The number of halogens is 1. The highest BCUT2D eigenvalue weighted by molar-refractivity contribution is 6.07. The van der Waals surface area contributed by atoms with Gasteiger partial charge in [-0.05, 0) is 54.1 Å². The average Bonchev–Trinajstić information content (AvgIpc) is 3.34. The predicted octanol–water partition coefficient (Wildman–Crippen LogP) is 3.36. The van der Waals surface area contributed by atoms with Crippen LogP contribution >= 0.6 is 0 Å². The number of pyridine rings is 2. The third-order valence-electron chi connectivity index (χ3n) is 10.3. The zero-order valence-corrected chi connectivity index (χ0v) is 39.1. The molecular weight excluding hydrogens is 886 g/mol. The van der Waals surface area contributed by atoms with E-state index in [1.807, 2.05) is 19.1 Å². The molecule has 0 saturated heterocycles. The number of nitrogens with one attached hydrogen (secondary N) is 4. The Kier molecular flexibility index (Phi) is 25.7. The van der Waals surface area contributed by atoms with Crippen LogP contribution in [-0.4, -0.2) is 158 Å². The molecule has 0 aliphatic rings. The second-order valence-electron chi connectivity index (χ2n) is 14.9. The summed E-state index contributed by atoms with van der Waals surface area (Å²) in [5.41, 5.74) is 16.8. The molecule has 68 heavy (non-hydrogen) atoms. The fourth-order valence-corrected chi connectivity index (χ4v) is 6.49. The largest absolute Gasteiger partial charge is 0.398 e. The summed E-state index contributed by atoms with van der Waals surface area (Å²) in [5.74, 6) is -0.957. The first-order valence-corrected chi connectivity index (χ1v) is 21.9. The molecule has 2 aromatic carbocycles. The lowest BCUT2D eigenvalue weighted by Crippen LogP contribution is -2.39. The van der Waals surface area contributed by atoms with Crippen molar-refractivity contribution in [3.63, 3.8) is 0 Å². The molecule has 0 aliphatic heterocycles. The molecule has 1 atom stereocenters. The van der Waals surface area contributed by atoms with Gasteiger partial charge in [-0.2, -0.15) is 0 Å². The van der Waals surface area contributed by atoms with Gasteiger partial charge in [0.25, 0.3) is 5.91 Å². The monoisotopic (exact) mass is 949 g/mol. The number of nitrogens with zero attached hydrogens (tertiary/aromatic N) is 3. The quantitative estimate of drug-likeness (QED) is 0.0240. The molecule has 4 amide bonds. The second kappa shape index (κ2) is 31.3. The fourth-order valence-electron chi connectivity index (χ4n) is 6.49. The number of aldehydes is 2. The van der Waals surface area contributed by atoms with Gasteiger partial charge >= 0.3 is 0 Å². The van der Waals surface area contributed by atoms with Crippen molar-refractivity contribution >= 4 is 69.9 Å². The number of aromatic nitrogens is 2. The summed E-state index contributed by atoms with van der Waals surface area (Å²) in [6.45, 7) is 5.68. The molecule has 20 nitrogen and oxygen atoms in total. The molecule has 0 saturated carbocycles. The van der Waals surface area contributed by atoms with Gasteiger partial charge in [0.2, 0.25) is 17.7 Å². The van der Waals surface area contributed by atoms with Crippen molar-refractivity contribution in [1.29, 1.82) is 0 Å². The van der Waals surface area contributed by atoms with Crippen LogP contribution in [0.15, 0.2) is 55.0 Å². The summed E-state index contributed by atoms with van der Waals surface area (Å²) >= 11 is 0. The highest BCUT2D eigenvalue weighted by Crippen LogP contribution is 2.33. The van der Waals surface area contributed by atoms with Crippen LogP contribution in [0.2, 0.25) is 0 Å². The average molecular weight is 950 g/mol. The summed E-state index contributed by atoms with van der Waals surface area (Å²) in [4.78, 5) is 83.1. The number of nitrogens with two attached hydrogens (primary N) is 2. The van der Waals surface area contributed by atoms with Gasteiger partial charge in [-0.1, -0.05) is 12.1 Å². The third-order valence-corrected chi connectivity index (χ3v) is 10.3. The highest BCUT2D eigenvalue weighted by atomic mass is 19.1. The van der Waals surface area contributed by atoms with E-state index >= 15 is 0 Å². The molecule has 2 aromatic heterocycles. The number of carbonyl (C=O) groups is 6. The standard InChI is InChI=1S/C46H61N9O11.CH3F/c1-31-36(26-50-28-39(31)48)33-23-34-25-41(53-27-37(34)38(47)24-33)54-44(60)9-11-52-43(59)10-13-62-15-17-64-19-21-66-22-20-65-18-16-63-14-12-51-40-6-4-5-32(29-56)45(40)46(61)55(3)35(30-57)7-8-42(58)49-2;1-2/h4-6,23-30,35,51H,7-22,47-48H2,1-3H3,(H,49,58)(H,52,59)(H,53,54,60);1H3. The van der Waals surface area contributed by atoms with Crippen LogP contribution in [0.3, 0.4) is 0 Å². The molecule has 21 heteroatoms. The molecule has 370 valence electrons. The Morgan fingerprint density at radius 1 is 0.765 bits per heavy atom. The number of nitrogen functional groups attached to an aromatic ring is 2. The predicted molar refractivity (Wildman–Crippen MR) is 256 cm³/mol. The van der Waals surface area contributed by atoms with Crippen LogP contribution in [-0.2, 0) is 42.9 Å². The lowest BCUT2D eigenvalue weighted by atomic mass is 9.98. The molecule has 8 N–H and O–H groups in total. The summed E-state index contributed by atoms with van der Waals surface area (Å²) < 4.78 is 37.1. The summed E-state index contributed by atoms with van der Waals surface area (Å²) in [6.07, 6.45) is 6.54. The number of rotatable bonds is 31. The van der Waals surface area contributed by atoms with Crippen LogP contribution in [0.25, 0.3) is 21.9 Å². The van der Waals surface area contributed by atoms with Gasteiger partial charge in [0, 0.05) is 86.7 Å². The Hall–Kier alpha value is -6.65. The molecule has 2 heterocycles. The van der Waals surface area contributed by atoms with E-state index < -0.39 is 11.9 Å². The van der Waals surface area contributed by atoms with E-state index in [4.69, 9.17) is 35.2 Å². The molecule has 1 unspecified atom stereocenters. The maximum atomic E-state index is 13.4. The van der Waals surface area contributed by atoms with E-state index in [9.17, 15) is 33.2 Å². The molecule has 0 radical (unpaired) electrons. The number of likely N-dealkylation sites (N-methyl/N-ethyl adjacent to an activating group) is 1. The Bertz CT molecular complexity index is 2250. The SMILES string of the molecule is CF.CNC(=O)CCC(C=O)N(C)C(=O)c1c(C=O)cccc1NCCOCCOCCOCCOCCOCCC(=O)NCCC(=O)Nc1cc2cc(-c3cncc(N)c3C)cc(N)c2cn1. The van der Waals surface area contributed by atoms with E-state index in [0.717, 1.165) is 27.5 Å². The molecule has 0 bridgehead atoms. The van der Waals surface area contributed by atoms with Crippen molar-refractivity contribution in [3.05, 3.63) is 71.7 Å². The number of hydrogen-bond donors (Lipinski definition) is 6. The number of hydrogen-bond acceptors (Lipinski definition) is 16. The van der Waals surface area contributed by atoms with Crippen LogP contribution in [0, 0.1) is 6.92 Å². The normalized spacial score (nSPS) is 11.2. The van der Waals surface area contributed by atoms with Gasteiger partial charge in [-0.15, -0.1) is 0 Å². The van der Waals surface area contributed by atoms with Crippen molar-refractivity contribution < 1.29 is 56.8 Å². The first-order chi connectivity index (χ1) is 33.0. The Balaban J connectivity index is 0.00000604. The molecule has 4 aromatic rings. The van der Waals surface area contributed by atoms with Gasteiger partial charge in [-0.25, -0.2) is 4.98 Å². The van der Waals surface area contributed by atoms with E-state index in [1.54, 1.807) is 36.8 Å². The maximum absolute atomic E-state index is 13.4. The highest BCUT2D eigenvalue weighted by Gasteiger charge is 2.26. The molecular formula is C47H64FN9O11. The summed E-state index contributed by atoms with van der Waals surface area (Å²) in [6, 6.07) is 9.52. The number of fused-ring (bicyclic) bond motifs is 1. The number of anilines is 4. The van der Waals surface area contributed by atoms with Crippen molar-refractivity contribution in [2.24, 2.45) is 0 Å². The van der Waals surface area contributed by atoms with Gasteiger partial charge in [0.15, 0.2) is 6.29 Å². The minimum absolute atomic E-state index is 0.0585. The first kappa shape index (κ1) is 55.7. The topological polar surface area (TPSA) is 278 Å². The van der Waals surface area contributed by atoms with Crippen LogP contribution in [0.1, 0.15) is 52.0 Å². The van der Waals surface area contributed by atoms with Crippen molar-refractivity contribution in [3.8, 4) is 11.1 Å². The first-order valence-electron chi connectivity index (χ1n) is 21.9.